The summed E-state index contributed by atoms with van der Waals surface area (Å²) < 4.78 is 34.9. The van der Waals surface area contributed by atoms with Gasteiger partial charge in [0, 0.05) is 22.6 Å². The van der Waals surface area contributed by atoms with Crippen LogP contribution in [0, 0.1) is 0 Å². The Labute approximate surface area is 170 Å². The number of thiazole rings is 1. The highest BCUT2D eigenvalue weighted by molar-refractivity contribution is 7.14. The number of hydrogen-bond donors (Lipinski definition) is 1. The van der Waals surface area contributed by atoms with Crippen molar-refractivity contribution in [2.24, 2.45) is 0 Å². The summed E-state index contributed by atoms with van der Waals surface area (Å²) >= 11 is 1.30. The van der Waals surface area contributed by atoms with Crippen molar-refractivity contribution >= 4 is 28.5 Å². The summed E-state index contributed by atoms with van der Waals surface area (Å²) in [5.74, 6) is 0.651. The molecule has 0 radical (unpaired) electrons. The number of ether oxygens (including phenoxy) is 2. The SMILES string of the molecule is COc1ccc(-c2csc(NC(=O)/C=C/c3ccccc3OCC(F)F)n2)cc1. The van der Waals surface area contributed by atoms with Gasteiger partial charge in [0.25, 0.3) is 6.43 Å². The van der Waals surface area contributed by atoms with Crippen LogP contribution in [0.15, 0.2) is 60.0 Å². The van der Waals surface area contributed by atoms with Gasteiger partial charge in [0.15, 0.2) is 5.13 Å². The number of aromatic nitrogens is 1. The Kier molecular flexibility index (Phi) is 6.91. The van der Waals surface area contributed by atoms with Gasteiger partial charge in [-0.05, 0) is 36.4 Å². The summed E-state index contributed by atoms with van der Waals surface area (Å²) in [4.78, 5) is 16.6. The molecule has 0 saturated carbocycles. The van der Waals surface area contributed by atoms with E-state index in [0.717, 1.165) is 17.0 Å². The number of rotatable bonds is 8. The molecule has 29 heavy (non-hydrogen) atoms. The summed E-state index contributed by atoms with van der Waals surface area (Å²) in [5.41, 5.74) is 2.17. The van der Waals surface area contributed by atoms with E-state index >= 15 is 0 Å². The van der Waals surface area contributed by atoms with Crippen LogP contribution >= 0.6 is 11.3 Å². The van der Waals surface area contributed by atoms with Crippen molar-refractivity contribution in [1.29, 1.82) is 0 Å². The standard InChI is InChI=1S/C21H18F2N2O3S/c1-27-16-9-6-14(7-10-16)17-13-29-21(24-17)25-20(26)11-8-15-4-2-3-5-18(15)28-12-19(22)23/h2-11,13,19H,12H2,1H3,(H,24,25,26)/b11-8+. The third kappa shape index (κ3) is 5.86. The van der Waals surface area contributed by atoms with Crippen LogP contribution in [0.3, 0.4) is 0 Å². The van der Waals surface area contributed by atoms with Gasteiger partial charge in [0.1, 0.15) is 18.1 Å². The maximum atomic E-state index is 12.4. The van der Waals surface area contributed by atoms with E-state index in [1.165, 1.54) is 23.5 Å². The van der Waals surface area contributed by atoms with Crippen molar-refractivity contribution in [1.82, 2.24) is 4.98 Å². The van der Waals surface area contributed by atoms with E-state index in [4.69, 9.17) is 9.47 Å². The summed E-state index contributed by atoms with van der Waals surface area (Å²) in [5, 5.41) is 4.98. The van der Waals surface area contributed by atoms with Crippen molar-refractivity contribution in [3.63, 3.8) is 0 Å². The first-order valence-corrected chi connectivity index (χ1v) is 9.52. The van der Waals surface area contributed by atoms with Gasteiger partial charge in [-0.15, -0.1) is 11.3 Å². The second kappa shape index (κ2) is 9.79. The van der Waals surface area contributed by atoms with Crippen molar-refractivity contribution in [3.8, 4) is 22.8 Å². The molecule has 0 bridgehead atoms. The van der Waals surface area contributed by atoms with Gasteiger partial charge >= 0.3 is 0 Å². The number of anilines is 1. The second-order valence-corrected chi connectivity index (χ2v) is 6.69. The number of hydrogen-bond acceptors (Lipinski definition) is 5. The zero-order valence-electron chi connectivity index (χ0n) is 15.5. The maximum absolute atomic E-state index is 12.4. The highest BCUT2D eigenvalue weighted by Crippen LogP contribution is 2.26. The topological polar surface area (TPSA) is 60.5 Å². The van der Waals surface area contributed by atoms with E-state index in [0.29, 0.717) is 10.7 Å². The molecule has 0 spiro atoms. The first-order valence-electron chi connectivity index (χ1n) is 8.64. The average Bonchev–Trinajstić information content (AvgIpc) is 3.19. The highest BCUT2D eigenvalue weighted by atomic mass is 32.1. The van der Waals surface area contributed by atoms with E-state index in [-0.39, 0.29) is 11.7 Å². The number of methoxy groups -OCH3 is 1. The largest absolute Gasteiger partial charge is 0.497 e. The number of alkyl halides is 2. The molecule has 0 aliphatic rings. The first kappa shape index (κ1) is 20.5. The number of nitrogens with one attached hydrogen (secondary N) is 1. The van der Waals surface area contributed by atoms with Crippen LogP contribution < -0.4 is 14.8 Å². The fourth-order valence-electron chi connectivity index (χ4n) is 2.44. The van der Waals surface area contributed by atoms with Crippen LogP contribution in [0.25, 0.3) is 17.3 Å². The predicted octanol–water partition coefficient (Wildman–Crippen LogP) is 5.11. The van der Waals surface area contributed by atoms with Crippen molar-refractivity contribution < 1.29 is 23.0 Å². The fraction of sp³-hybridized carbons (Fsp3) is 0.143. The molecule has 5 nitrogen and oxygen atoms in total. The molecule has 0 aliphatic heterocycles. The van der Waals surface area contributed by atoms with Crippen molar-refractivity contribution in [2.45, 2.75) is 6.43 Å². The third-order valence-corrected chi connectivity index (χ3v) is 4.58. The molecule has 1 heterocycles. The van der Waals surface area contributed by atoms with Gasteiger partial charge in [-0.25, -0.2) is 13.8 Å². The molecular weight excluding hydrogens is 398 g/mol. The van der Waals surface area contributed by atoms with E-state index in [1.807, 2.05) is 29.6 Å². The first-order chi connectivity index (χ1) is 14.0. The minimum atomic E-state index is -2.57. The minimum Gasteiger partial charge on any atom is -0.497 e. The number of nitrogens with zero attached hydrogens (tertiary/aromatic N) is 1. The zero-order chi connectivity index (χ0) is 20.6. The Hall–Kier alpha value is -3.26. The molecular formula is C21H18F2N2O3S. The lowest BCUT2D eigenvalue weighted by Crippen LogP contribution is -2.08. The number of para-hydroxylation sites is 1. The monoisotopic (exact) mass is 416 g/mol. The normalized spacial score (nSPS) is 11.0. The zero-order valence-corrected chi connectivity index (χ0v) is 16.3. The van der Waals surface area contributed by atoms with Crippen LogP contribution in [0.1, 0.15) is 5.56 Å². The molecule has 3 rings (SSSR count). The van der Waals surface area contributed by atoms with Crippen molar-refractivity contribution in [3.05, 3.63) is 65.6 Å². The molecule has 8 heteroatoms. The van der Waals surface area contributed by atoms with Gasteiger partial charge in [0.2, 0.25) is 5.91 Å². The second-order valence-electron chi connectivity index (χ2n) is 5.83. The van der Waals surface area contributed by atoms with Gasteiger partial charge < -0.3 is 9.47 Å². The van der Waals surface area contributed by atoms with Gasteiger partial charge in [0.05, 0.1) is 12.8 Å². The Balaban J connectivity index is 1.63. The Morgan fingerprint density at radius 1 is 1.21 bits per heavy atom. The summed E-state index contributed by atoms with van der Waals surface area (Å²) in [7, 11) is 1.60. The van der Waals surface area contributed by atoms with Gasteiger partial charge in [-0.1, -0.05) is 18.2 Å². The fourth-order valence-corrected chi connectivity index (χ4v) is 3.16. The number of carbonyl (C=O) groups excluding carboxylic acids is 1. The Morgan fingerprint density at radius 2 is 1.97 bits per heavy atom. The van der Waals surface area contributed by atoms with Gasteiger partial charge in [-0.2, -0.15) is 0 Å². The van der Waals surface area contributed by atoms with Crippen LogP contribution in [0.2, 0.25) is 0 Å². The number of amides is 1. The van der Waals surface area contributed by atoms with E-state index in [2.05, 4.69) is 10.3 Å². The van der Waals surface area contributed by atoms with Gasteiger partial charge in [-0.3, -0.25) is 10.1 Å². The molecule has 1 aromatic heterocycles. The van der Waals surface area contributed by atoms with Crippen LogP contribution in [0.5, 0.6) is 11.5 Å². The molecule has 0 unspecified atom stereocenters. The predicted molar refractivity (Wildman–Crippen MR) is 110 cm³/mol. The molecule has 0 atom stereocenters. The molecule has 150 valence electrons. The molecule has 3 aromatic rings. The van der Waals surface area contributed by atoms with Crippen molar-refractivity contribution in [2.75, 3.05) is 19.0 Å². The third-order valence-electron chi connectivity index (χ3n) is 3.82. The molecule has 0 fully saturated rings. The molecule has 0 aliphatic carbocycles. The lowest BCUT2D eigenvalue weighted by molar-refractivity contribution is -0.111. The lowest BCUT2D eigenvalue weighted by Gasteiger charge is -2.08. The number of halogens is 2. The van der Waals surface area contributed by atoms with E-state index in [1.54, 1.807) is 31.4 Å². The number of carbonyl (C=O) groups is 1. The highest BCUT2D eigenvalue weighted by Gasteiger charge is 2.08. The molecule has 0 saturated heterocycles. The smallest absolute Gasteiger partial charge is 0.272 e. The van der Waals surface area contributed by atoms with Crippen LogP contribution in [-0.2, 0) is 4.79 Å². The quantitative estimate of drug-likeness (QED) is 0.518. The van der Waals surface area contributed by atoms with E-state index in [9.17, 15) is 13.6 Å². The van der Waals surface area contributed by atoms with Crippen LogP contribution in [0.4, 0.5) is 13.9 Å². The average molecular weight is 416 g/mol. The Bertz CT molecular complexity index is 988. The Morgan fingerprint density at radius 3 is 2.69 bits per heavy atom. The maximum Gasteiger partial charge on any atom is 0.272 e. The summed E-state index contributed by atoms with van der Waals surface area (Å²) in [6.45, 7) is -0.704. The van der Waals surface area contributed by atoms with E-state index < -0.39 is 13.0 Å². The number of benzene rings is 2. The minimum absolute atomic E-state index is 0.285. The molecule has 1 amide bonds. The summed E-state index contributed by atoms with van der Waals surface area (Å²) in [6.07, 6.45) is 0.243. The summed E-state index contributed by atoms with van der Waals surface area (Å²) in [6, 6.07) is 14.1. The lowest BCUT2D eigenvalue weighted by atomic mass is 10.2. The molecule has 1 N–H and O–H groups in total. The van der Waals surface area contributed by atoms with Crippen LogP contribution in [-0.4, -0.2) is 31.0 Å². The molecule has 2 aromatic carbocycles.